The Hall–Kier alpha value is -2.75. The van der Waals surface area contributed by atoms with Crippen molar-refractivity contribution in [1.29, 1.82) is 0 Å². The van der Waals surface area contributed by atoms with Crippen LogP contribution < -0.4 is 11.2 Å². The molecule has 9 nitrogen and oxygen atoms in total. The van der Waals surface area contributed by atoms with Crippen molar-refractivity contribution < 1.29 is 23.7 Å². The molecule has 0 bridgehead atoms. The van der Waals surface area contributed by atoms with E-state index in [0.717, 1.165) is 5.56 Å². The highest BCUT2D eigenvalue weighted by Crippen LogP contribution is 2.45. The zero-order valence-corrected chi connectivity index (χ0v) is 16.8. The molecule has 1 N–H and O–H groups in total. The van der Waals surface area contributed by atoms with Crippen molar-refractivity contribution in [3.05, 3.63) is 68.5 Å². The highest BCUT2D eigenvalue weighted by Gasteiger charge is 2.60. The van der Waals surface area contributed by atoms with Crippen LogP contribution in [0, 0.1) is 6.92 Å². The van der Waals surface area contributed by atoms with Crippen molar-refractivity contribution >= 4 is 5.97 Å². The Balaban J connectivity index is 1.72. The number of ether oxygens (including phenoxy) is 4. The standard InChI is InChI=1S/C21H24N2O7/c1-13-10-23(20(26)22-18(13)25)19-16(29-14(2)24)17(21(30-19)8-9-27-12-21)28-11-15-6-4-3-5-7-15/h3-7,10,16-17,19H,8-9,11-12H2,1-2H3,(H,22,25,26)/t16-,17?,19+,21-/m0/s1. The van der Waals surface area contributed by atoms with Crippen LogP contribution in [0.4, 0.5) is 0 Å². The summed E-state index contributed by atoms with van der Waals surface area (Å²) in [6.45, 7) is 3.87. The maximum absolute atomic E-state index is 12.5. The first-order chi connectivity index (χ1) is 14.4. The molecule has 2 fully saturated rings. The van der Waals surface area contributed by atoms with E-state index in [4.69, 9.17) is 18.9 Å². The Labute approximate surface area is 172 Å². The number of hydrogen-bond acceptors (Lipinski definition) is 7. The lowest BCUT2D eigenvalue weighted by atomic mass is 9.94. The topological polar surface area (TPSA) is 109 Å². The SMILES string of the molecule is CC(=O)O[C@H]1C(OCc2ccccc2)[C@@]2(CCOC2)O[C@H]1n1cc(C)c(=O)[nH]c1=O. The summed E-state index contributed by atoms with van der Waals surface area (Å²) in [4.78, 5) is 38.5. The number of aryl methyl sites for hydroxylation is 1. The molecule has 1 unspecified atom stereocenters. The number of carbonyl (C=O) groups is 1. The first-order valence-corrected chi connectivity index (χ1v) is 9.80. The second-order valence-electron chi connectivity index (χ2n) is 7.65. The minimum atomic E-state index is -0.959. The van der Waals surface area contributed by atoms with Crippen molar-refractivity contribution in [2.24, 2.45) is 0 Å². The number of carbonyl (C=O) groups excluding carboxylic acids is 1. The van der Waals surface area contributed by atoms with E-state index < -0.39 is 41.3 Å². The minimum Gasteiger partial charge on any atom is -0.455 e. The average molecular weight is 416 g/mol. The highest BCUT2D eigenvalue weighted by molar-refractivity contribution is 5.66. The van der Waals surface area contributed by atoms with Crippen LogP contribution in [0.15, 0.2) is 46.1 Å². The van der Waals surface area contributed by atoms with Gasteiger partial charge in [-0.15, -0.1) is 0 Å². The third-order valence-electron chi connectivity index (χ3n) is 5.46. The summed E-state index contributed by atoms with van der Waals surface area (Å²) in [7, 11) is 0. The summed E-state index contributed by atoms with van der Waals surface area (Å²) in [6.07, 6.45) is -0.577. The molecule has 1 aromatic heterocycles. The molecular formula is C21H24N2O7. The van der Waals surface area contributed by atoms with Crippen LogP contribution in [0.25, 0.3) is 0 Å². The molecule has 9 heteroatoms. The summed E-state index contributed by atoms with van der Waals surface area (Å²) in [5.74, 6) is -0.521. The molecule has 2 aromatic rings. The van der Waals surface area contributed by atoms with Gasteiger partial charge < -0.3 is 18.9 Å². The molecule has 4 rings (SSSR count). The second kappa shape index (κ2) is 8.17. The molecular weight excluding hydrogens is 392 g/mol. The highest BCUT2D eigenvalue weighted by atomic mass is 16.7. The number of aromatic nitrogens is 2. The maximum atomic E-state index is 12.5. The fraction of sp³-hybridized carbons (Fsp3) is 0.476. The molecule has 30 heavy (non-hydrogen) atoms. The van der Waals surface area contributed by atoms with Crippen LogP contribution in [0.2, 0.25) is 0 Å². The number of benzene rings is 1. The van der Waals surface area contributed by atoms with Crippen molar-refractivity contribution in [3.8, 4) is 0 Å². The fourth-order valence-corrected chi connectivity index (χ4v) is 4.01. The van der Waals surface area contributed by atoms with Gasteiger partial charge in [0.05, 0.1) is 13.2 Å². The van der Waals surface area contributed by atoms with Crippen LogP contribution >= 0.6 is 0 Å². The lowest BCUT2D eigenvalue weighted by Crippen LogP contribution is -2.47. The first kappa shape index (κ1) is 20.5. The van der Waals surface area contributed by atoms with E-state index in [9.17, 15) is 14.4 Å². The Morgan fingerprint density at radius 3 is 2.73 bits per heavy atom. The largest absolute Gasteiger partial charge is 0.455 e. The number of aromatic amines is 1. The Morgan fingerprint density at radius 1 is 1.30 bits per heavy atom. The van der Waals surface area contributed by atoms with Crippen LogP contribution in [-0.2, 0) is 30.3 Å². The second-order valence-corrected chi connectivity index (χ2v) is 7.65. The Bertz CT molecular complexity index is 1020. The van der Waals surface area contributed by atoms with E-state index in [-0.39, 0.29) is 13.2 Å². The van der Waals surface area contributed by atoms with Gasteiger partial charge in [-0.25, -0.2) is 4.79 Å². The van der Waals surface area contributed by atoms with Gasteiger partial charge >= 0.3 is 11.7 Å². The average Bonchev–Trinajstić information content (AvgIpc) is 3.29. The molecule has 2 saturated heterocycles. The normalized spacial score (nSPS) is 28.1. The number of nitrogens with zero attached hydrogens (tertiary/aromatic N) is 1. The van der Waals surface area contributed by atoms with E-state index in [1.54, 1.807) is 6.92 Å². The van der Waals surface area contributed by atoms with Gasteiger partial charge in [0.25, 0.3) is 5.56 Å². The summed E-state index contributed by atoms with van der Waals surface area (Å²) in [5, 5.41) is 0. The molecule has 1 spiro atoms. The molecule has 2 aliphatic rings. The van der Waals surface area contributed by atoms with E-state index in [2.05, 4.69) is 4.98 Å². The van der Waals surface area contributed by atoms with Crippen molar-refractivity contribution in [2.75, 3.05) is 13.2 Å². The molecule has 3 heterocycles. The van der Waals surface area contributed by atoms with Gasteiger partial charge in [-0.1, -0.05) is 30.3 Å². The van der Waals surface area contributed by atoms with Gasteiger partial charge in [-0.2, -0.15) is 0 Å². The zero-order chi connectivity index (χ0) is 21.3. The van der Waals surface area contributed by atoms with Crippen molar-refractivity contribution in [2.45, 2.75) is 50.9 Å². The number of esters is 1. The third-order valence-corrected chi connectivity index (χ3v) is 5.46. The summed E-state index contributed by atoms with van der Waals surface area (Å²) in [6, 6.07) is 9.60. The first-order valence-electron chi connectivity index (χ1n) is 9.80. The Kier molecular flexibility index (Phi) is 5.59. The molecule has 0 radical (unpaired) electrons. The minimum absolute atomic E-state index is 0.248. The lowest BCUT2D eigenvalue weighted by molar-refractivity contribution is -0.158. The van der Waals surface area contributed by atoms with E-state index in [0.29, 0.717) is 18.6 Å². The van der Waals surface area contributed by atoms with Crippen LogP contribution in [0.5, 0.6) is 0 Å². The van der Waals surface area contributed by atoms with E-state index in [1.165, 1.54) is 17.7 Å². The molecule has 2 aliphatic heterocycles. The summed E-state index contributed by atoms with van der Waals surface area (Å²) >= 11 is 0. The van der Waals surface area contributed by atoms with E-state index in [1.807, 2.05) is 30.3 Å². The summed E-state index contributed by atoms with van der Waals surface area (Å²) < 4.78 is 24.9. The van der Waals surface area contributed by atoms with Gasteiger partial charge in [0, 0.05) is 31.7 Å². The van der Waals surface area contributed by atoms with Gasteiger partial charge in [0.2, 0.25) is 0 Å². The number of nitrogens with one attached hydrogen (secondary N) is 1. The predicted molar refractivity (Wildman–Crippen MR) is 105 cm³/mol. The third kappa shape index (κ3) is 3.83. The number of H-pyrrole nitrogens is 1. The Morgan fingerprint density at radius 2 is 2.07 bits per heavy atom. The maximum Gasteiger partial charge on any atom is 0.330 e. The molecule has 0 saturated carbocycles. The van der Waals surface area contributed by atoms with Crippen LogP contribution in [0.3, 0.4) is 0 Å². The lowest BCUT2D eigenvalue weighted by Gasteiger charge is -2.29. The number of rotatable bonds is 5. The molecule has 1 aromatic carbocycles. The molecule has 4 atom stereocenters. The monoisotopic (exact) mass is 416 g/mol. The van der Waals surface area contributed by atoms with E-state index >= 15 is 0 Å². The van der Waals surface area contributed by atoms with Gasteiger partial charge in [0.1, 0.15) is 11.7 Å². The quantitative estimate of drug-likeness (QED) is 0.726. The molecule has 0 amide bonds. The van der Waals surface area contributed by atoms with Crippen molar-refractivity contribution in [3.63, 3.8) is 0 Å². The van der Waals surface area contributed by atoms with Crippen LogP contribution in [-0.4, -0.2) is 46.5 Å². The van der Waals surface area contributed by atoms with Gasteiger partial charge in [-0.3, -0.25) is 19.1 Å². The zero-order valence-electron chi connectivity index (χ0n) is 16.8. The molecule has 160 valence electrons. The number of hydrogen-bond donors (Lipinski definition) is 1. The van der Waals surface area contributed by atoms with Gasteiger partial charge in [-0.05, 0) is 12.5 Å². The fourth-order valence-electron chi connectivity index (χ4n) is 4.01. The van der Waals surface area contributed by atoms with Gasteiger partial charge in [0.15, 0.2) is 12.3 Å². The molecule has 0 aliphatic carbocycles. The summed E-state index contributed by atoms with van der Waals surface area (Å²) in [5.41, 5.74) is -0.707. The predicted octanol–water partition coefficient (Wildman–Crippen LogP) is 1.05. The van der Waals surface area contributed by atoms with Crippen LogP contribution in [0.1, 0.15) is 30.7 Å². The smallest absolute Gasteiger partial charge is 0.330 e. The van der Waals surface area contributed by atoms with Crippen molar-refractivity contribution in [1.82, 2.24) is 9.55 Å².